The summed E-state index contributed by atoms with van der Waals surface area (Å²) < 4.78 is 10.9. The molecule has 0 N–H and O–H groups in total. The van der Waals surface area contributed by atoms with E-state index in [2.05, 4.69) is 0 Å². The highest BCUT2D eigenvalue weighted by Gasteiger charge is 2.24. The third kappa shape index (κ3) is 3.79. The van der Waals surface area contributed by atoms with Gasteiger partial charge in [0.15, 0.2) is 6.10 Å². The molecule has 1 aliphatic carbocycles. The summed E-state index contributed by atoms with van der Waals surface area (Å²) >= 11 is 0. The number of carbonyl (C=O) groups excluding carboxylic acids is 2. The first-order valence-electron chi connectivity index (χ1n) is 7.64. The topological polar surface area (TPSA) is 52.6 Å². The highest BCUT2D eigenvalue weighted by atomic mass is 16.6. The molecule has 0 aliphatic heterocycles. The molecule has 2 aromatic carbocycles. The fraction of sp³-hybridized carbons (Fsp3) is 0.100. The number of benzene rings is 2. The normalized spacial score (nSPS) is 16.2. The number of hydrogen-bond acceptors (Lipinski definition) is 4. The van der Waals surface area contributed by atoms with Crippen LogP contribution in [0.4, 0.5) is 0 Å². The molecule has 2 aromatic rings. The Balaban J connectivity index is 1.69. The van der Waals surface area contributed by atoms with E-state index in [4.69, 9.17) is 9.47 Å². The minimum Gasteiger partial charge on any atom is -0.450 e. The molecule has 120 valence electrons. The van der Waals surface area contributed by atoms with Gasteiger partial charge in [0.05, 0.1) is 11.1 Å². The van der Waals surface area contributed by atoms with Crippen LogP contribution in [0.2, 0.25) is 0 Å². The van der Waals surface area contributed by atoms with Gasteiger partial charge in [-0.3, -0.25) is 0 Å². The van der Waals surface area contributed by atoms with Crippen LogP contribution in [0, 0.1) is 0 Å². The second-order valence-corrected chi connectivity index (χ2v) is 5.25. The Bertz CT molecular complexity index is 776. The van der Waals surface area contributed by atoms with Gasteiger partial charge in [-0.25, -0.2) is 9.59 Å². The SMILES string of the molecule is O=C(OC1=CC=CCC1OC(=O)c1ccccc1)c1ccccc1. The molecule has 0 saturated carbocycles. The first-order valence-corrected chi connectivity index (χ1v) is 7.64. The molecule has 3 rings (SSSR count). The van der Waals surface area contributed by atoms with Crippen LogP contribution in [0.25, 0.3) is 0 Å². The first kappa shape index (κ1) is 15.7. The van der Waals surface area contributed by atoms with Gasteiger partial charge in [-0.2, -0.15) is 0 Å². The van der Waals surface area contributed by atoms with Crippen molar-refractivity contribution in [1.29, 1.82) is 0 Å². The van der Waals surface area contributed by atoms with Gasteiger partial charge in [-0.15, -0.1) is 0 Å². The summed E-state index contributed by atoms with van der Waals surface area (Å²) in [5.41, 5.74) is 0.905. The predicted molar refractivity (Wildman–Crippen MR) is 89.3 cm³/mol. The van der Waals surface area contributed by atoms with E-state index in [0.717, 1.165) is 0 Å². The Morgan fingerprint density at radius 3 is 2.04 bits per heavy atom. The second kappa shape index (κ2) is 7.42. The molecule has 0 heterocycles. The van der Waals surface area contributed by atoms with E-state index in [0.29, 0.717) is 23.3 Å². The summed E-state index contributed by atoms with van der Waals surface area (Å²) in [6.45, 7) is 0. The number of rotatable bonds is 4. The number of allylic oxidation sites excluding steroid dienone is 2. The van der Waals surface area contributed by atoms with Crippen molar-refractivity contribution in [2.75, 3.05) is 0 Å². The maximum atomic E-state index is 12.2. The molecule has 4 heteroatoms. The van der Waals surface area contributed by atoms with E-state index in [1.165, 1.54) is 0 Å². The number of ether oxygens (including phenoxy) is 2. The molecule has 0 spiro atoms. The number of hydrogen-bond donors (Lipinski definition) is 0. The molecule has 0 fully saturated rings. The van der Waals surface area contributed by atoms with E-state index in [1.807, 2.05) is 18.2 Å². The Morgan fingerprint density at radius 1 is 0.833 bits per heavy atom. The van der Waals surface area contributed by atoms with E-state index in [9.17, 15) is 9.59 Å². The Hall–Kier alpha value is -3.14. The van der Waals surface area contributed by atoms with Gasteiger partial charge in [0.2, 0.25) is 0 Å². The van der Waals surface area contributed by atoms with E-state index in [-0.39, 0.29) is 0 Å². The van der Waals surface area contributed by atoms with Crippen molar-refractivity contribution in [3.8, 4) is 0 Å². The highest BCUT2D eigenvalue weighted by Crippen LogP contribution is 2.21. The van der Waals surface area contributed by atoms with Gasteiger partial charge in [-0.1, -0.05) is 48.6 Å². The average Bonchev–Trinajstić information content (AvgIpc) is 2.64. The lowest BCUT2D eigenvalue weighted by Gasteiger charge is -2.21. The lowest BCUT2D eigenvalue weighted by Crippen LogP contribution is -2.24. The maximum Gasteiger partial charge on any atom is 0.343 e. The van der Waals surface area contributed by atoms with Crippen LogP contribution in [0.5, 0.6) is 0 Å². The van der Waals surface area contributed by atoms with Crippen LogP contribution in [0.15, 0.2) is 84.7 Å². The van der Waals surface area contributed by atoms with Gasteiger partial charge < -0.3 is 9.47 Å². The van der Waals surface area contributed by atoms with Crippen molar-refractivity contribution in [1.82, 2.24) is 0 Å². The highest BCUT2D eigenvalue weighted by molar-refractivity contribution is 5.91. The van der Waals surface area contributed by atoms with Gasteiger partial charge >= 0.3 is 11.9 Å². The zero-order valence-electron chi connectivity index (χ0n) is 12.9. The lowest BCUT2D eigenvalue weighted by atomic mass is 10.1. The van der Waals surface area contributed by atoms with E-state index in [1.54, 1.807) is 60.7 Å². The molecule has 0 bridgehead atoms. The molecular formula is C20H16O4. The molecule has 24 heavy (non-hydrogen) atoms. The molecule has 1 aliphatic rings. The summed E-state index contributed by atoms with van der Waals surface area (Å²) in [5, 5.41) is 0. The fourth-order valence-corrected chi connectivity index (χ4v) is 2.31. The van der Waals surface area contributed by atoms with Gasteiger partial charge in [0, 0.05) is 6.42 Å². The summed E-state index contributed by atoms with van der Waals surface area (Å²) in [4.78, 5) is 24.4. The molecule has 1 atom stereocenters. The quantitative estimate of drug-likeness (QED) is 0.801. The Morgan fingerprint density at radius 2 is 1.42 bits per heavy atom. The molecule has 4 nitrogen and oxygen atoms in total. The van der Waals surface area contributed by atoms with Crippen molar-refractivity contribution < 1.29 is 19.1 Å². The number of esters is 2. The van der Waals surface area contributed by atoms with Crippen LogP contribution >= 0.6 is 0 Å². The zero-order chi connectivity index (χ0) is 16.8. The molecule has 0 amide bonds. The summed E-state index contributed by atoms with van der Waals surface area (Å²) in [6, 6.07) is 17.4. The predicted octanol–water partition coefficient (Wildman–Crippen LogP) is 3.91. The molecule has 0 aromatic heterocycles. The zero-order valence-corrected chi connectivity index (χ0v) is 12.9. The summed E-state index contributed by atoms with van der Waals surface area (Å²) in [5.74, 6) is -0.592. The summed E-state index contributed by atoms with van der Waals surface area (Å²) in [6.07, 6.45) is 5.14. The van der Waals surface area contributed by atoms with Crippen LogP contribution < -0.4 is 0 Å². The standard InChI is InChI=1S/C20H16O4/c21-19(15-9-3-1-4-10-15)23-17-13-7-8-14-18(17)24-20(22)16-11-5-2-6-12-16/h1-13,18H,14H2. The Labute approximate surface area is 140 Å². The van der Waals surface area contributed by atoms with Crippen LogP contribution in [-0.4, -0.2) is 18.0 Å². The maximum absolute atomic E-state index is 12.2. The molecule has 0 radical (unpaired) electrons. The van der Waals surface area contributed by atoms with Crippen molar-refractivity contribution in [3.05, 3.63) is 95.8 Å². The van der Waals surface area contributed by atoms with Crippen molar-refractivity contribution in [3.63, 3.8) is 0 Å². The molecular weight excluding hydrogens is 304 g/mol. The first-order chi connectivity index (χ1) is 11.7. The average molecular weight is 320 g/mol. The Kier molecular flexibility index (Phi) is 4.87. The van der Waals surface area contributed by atoms with Crippen molar-refractivity contribution >= 4 is 11.9 Å². The van der Waals surface area contributed by atoms with Gasteiger partial charge in [0.1, 0.15) is 5.76 Å². The number of carbonyl (C=O) groups is 2. The third-order valence-electron chi connectivity index (χ3n) is 3.54. The monoisotopic (exact) mass is 320 g/mol. The smallest absolute Gasteiger partial charge is 0.343 e. The van der Waals surface area contributed by atoms with E-state index >= 15 is 0 Å². The van der Waals surface area contributed by atoms with Crippen molar-refractivity contribution in [2.45, 2.75) is 12.5 Å². The van der Waals surface area contributed by atoms with Crippen molar-refractivity contribution in [2.24, 2.45) is 0 Å². The molecule has 1 unspecified atom stereocenters. The molecule has 0 saturated heterocycles. The van der Waals surface area contributed by atoms with E-state index < -0.39 is 18.0 Å². The van der Waals surface area contributed by atoms with Crippen LogP contribution in [-0.2, 0) is 9.47 Å². The second-order valence-electron chi connectivity index (χ2n) is 5.25. The van der Waals surface area contributed by atoms with Crippen LogP contribution in [0.3, 0.4) is 0 Å². The van der Waals surface area contributed by atoms with Crippen LogP contribution in [0.1, 0.15) is 27.1 Å². The van der Waals surface area contributed by atoms with Gasteiger partial charge in [-0.05, 0) is 30.3 Å². The van der Waals surface area contributed by atoms with Gasteiger partial charge in [0.25, 0.3) is 0 Å². The fourth-order valence-electron chi connectivity index (χ4n) is 2.31. The minimum atomic E-state index is -0.615. The lowest BCUT2D eigenvalue weighted by molar-refractivity contribution is 0.0203. The third-order valence-corrected chi connectivity index (χ3v) is 3.54. The minimum absolute atomic E-state index is 0.329. The summed E-state index contributed by atoms with van der Waals surface area (Å²) in [7, 11) is 0. The largest absolute Gasteiger partial charge is 0.450 e.